The van der Waals surface area contributed by atoms with Crippen molar-refractivity contribution in [3.8, 4) is 0 Å². The van der Waals surface area contributed by atoms with Crippen molar-refractivity contribution in [1.29, 1.82) is 0 Å². The van der Waals surface area contributed by atoms with E-state index in [2.05, 4.69) is 34.5 Å². The Hall–Kier alpha value is -0.850. The molecule has 0 atom stereocenters. The molecule has 0 saturated heterocycles. The summed E-state index contributed by atoms with van der Waals surface area (Å²) in [4.78, 5) is 6.55. The molecule has 0 spiro atoms. The van der Waals surface area contributed by atoms with E-state index in [-0.39, 0.29) is 5.54 Å². The van der Waals surface area contributed by atoms with Gasteiger partial charge < -0.3 is 15.0 Å². The molecule has 0 fully saturated rings. The number of nitrogens with one attached hydrogen (secondary N) is 2. The van der Waals surface area contributed by atoms with Crippen molar-refractivity contribution in [3.05, 3.63) is 0 Å². The third-order valence-electron chi connectivity index (χ3n) is 2.79. The van der Waals surface area contributed by atoms with Crippen LogP contribution in [0.1, 0.15) is 20.3 Å². The van der Waals surface area contributed by atoms with Crippen molar-refractivity contribution in [1.82, 2.24) is 15.6 Å². The SMILES string of the molecule is COCCCNC(=NCC(C)(C)N(C)C)NN. The second-order valence-corrected chi connectivity index (χ2v) is 4.79. The van der Waals surface area contributed by atoms with Crippen LogP contribution in [0.25, 0.3) is 0 Å². The molecule has 4 N–H and O–H groups in total. The van der Waals surface area contributed by atoms with Crippen molar-refractivity contribution in [2.45, 2.75) is 25.8 Å². The van der Waals surface area contributed by atoms with Gasteiger partial charge in [0.15, 0.2) is 0 Å². The van der Waals surface area contributed by atoms with Crippen molar-refractivity contribution in [2.24, 2.45) is 10.8 Å². The summed E-state index contributed by atoms with van der Waals surface area (Å²) in [7, 11) is 5.77. The van der Waals surface area contributed by atoms with Crippen molar-refractivity contribution in [2.75, 3.05) is 40.9 Å². The molecule has 0 saturated carbocycles. The molecule has 0 amide bonds. The zero-order chi connectivity index (χ0) is 13.3. The smallest absolute Gasteiger partial charge is 0.205 e. The molecule has 0 rings (SSSR count). The molecule has 0 radical (unpaired) electrons. The summed E-state index contributed by atoms with van der Waals surface area (Å²) in [5.74, 6) is 6.03. The Morgan fingerprint density at radius 3 is 2.53 bits per heavy atom. The molecule has 102 valence electrons. The summed E-state index contributed by atoms with van der Waals surface area (Å²) >= 11 is 0. The first kappa shape index (κ1) is 16.1. The first-order valence-electron chi connectivity index (χ1n) is 5.85. The Labute approximate surface area is 105 Å². The number of hydrazine groups is 1. The fraction of sp³-hybridized carbons (Fsp3) is 0.909. The Bertz CT molecular complexity index is 228. The number of hydrogen-bond donors (Lipinski definition) is 3. The number of guanidine groups is 1. The number of rotatable bonds is 7. The minimum atomic E-state index is 0.0102. The highest BCUT2D eigenvalue weighted by Crippen LogP contribution is 2.09. The fourth-order valence-corrected chi connectivity index (χ4v) is 0.990. The molecule has 0 aliphatic carbocycles. The average Bonchev–Trinajstić information content (AvgIpc) is 2.28. The lowest BCUT2D eigenvalue weighted by Crippen LogP contribution is -2.45. The number of likely N-dealkylation sites (N-methyl/N-ethyl adjacent to an activating group) is 1. The van der Waals surface area contributed by atoms with E-state index in [9.17, 15) is 0 Å². The van der Waals surface area contributed by atoms with E-state index < -0.39 is 0 Å². The fourth-order valence-electron chi connectivity index (χ4n) is 0.990. The molecule has 0 aliphatic heterocycles. The molecule has 0 aromatic rings. The van der Waals surface area contributed by atoms with E-state index in [1.165, 1.54) is 0 Å². The minimum absolute atomic E-state index is 0.0102. The van der Waals surface area contributed by atoms with Gasteiger partial charge in [0.05, 0.1) is 6.54 Å². The number of methoxy groups -OCH3 is 1. The predicted molar refractivity (Wildman–Crippen MR) is 71.9 cm³/mol. The van der Waals surface area contributed by atoms with Gasteiger partial charge in [-0.05, 0) is 34.4 Å². The number of hydrogen-bond acceptors (Lipinski definition) is 4. The lowest BCUT2D eigenvalue weighted by molar-refractivity contribution is 0.195. The monoisotopic (exact) mass is 245 g/mol. The number of nitrogens with two attached hydrogens (primary N) is 1. The molecule has 0 unspecified atom stereocenters. The highest BCUT2D eigenvalue weighted by atomic mass is 16.5. The van der Waals surface area contributed by atoms with Gasteiger partial charge in [0.1, 0.15) is 0 Å². The standard InChI is InChI=1S/C11H27N5O/c1-11(2,16(3)4)9-14-10(15-12)13-7-6-8-17-5/h6-9,12H2,1-5H3,(H2,13,14,15). The van der Waals surface area contributed by atoms with Crippen LogP contribution in [0.2, 0.25) is 0 Å². The number of aliphatic imine (C=N–C) groups is 1. The van der Waals surface area contributed by atoms with Crippen LogP contribution in [0.15, 0.2) is 4.99 Å². The van der Waals surface area contributed by atoms with Gasteiger partial charge in [-0.25, -0.2) is 5.84 Å². The van der Waals surface area contributed by atoms with Crippen LogP contribution in [-0.4, -0.2) is 57.3 Å². The number of ether oxygens (including phenoxy) is 1. The van der Waals surface area contributed by atoms with Gasteiger partial charge in [-0.1, -0.05) is 0 Å². The van der Waals surface area contributed by atoms with Gasteiger partial charge in [-0.15, -0.1) is 0 Å². The maximum Gasteiger partial charge on any atom is 0.205 e. The molecular weight excluding hydrogens is 218 g/mol. The van der Waals surface area contributed by atoms with Gasteiger partial charge in [-0.2, -0.15) is 0 Å². The Kier molecular flexibility index (Phi) is 7.86. The van der Waals surface area contributed by atoms with Gasteiger partial charge >= 0.3 is 0 Å². The van der Waals surface area contributed by atoms with E-state index in [4.69, 9.17) is 10.6 Å². The van der Waals surface area contributed by atoms with Gasteiger partial charge in [0.25, 0.3) is 0 Å². The van der Waals surface area contributed by atoms with Crippen molar-refractivity contribution < 1.29 is 4.74 Å². The summed E-state index contributed by atoms with van der Waals surface area (Å²) in [6.07, 6.45) is 0.925. The Balaban J connectivity index is 4.08. The maximum atomic E-state index is 5.40. The first-order chi connectivity index (χ1) is 7.94. The topological polar surface area (TPSA) is 74.9 Å². The quantitative estimate of drug-likeness (QED) is 0.190. The summed E-state index contributed by atoms with van der Waals surface area (Å²) in [6.45, 7) is 6.47. The largest absolute Gasteiger partial charge is 0.385 e. The average molecular weight is 245 g/mol. The van der Waals surface area contributed by atoms with E-state index in [1.807, 2.05) is 14.1 Å². The van der Waals surface area contributed by atoms with E-state index >= 15 is 0 Å². The lowest BCUT2D eigenvalue weighted by Gasteiger charge is -2.30. The molecule has 0 aromatic heterocycles. The number of nitrogens with zero attached hydrogens (tertiary/aromatic N) is 2. The van der Waals surface area contributed by atoms with Gasteiger partial charge in [0, 0.05) is 25.8 Å². The molecular formula is C11H27N5O. The highest BCUT2D eigenvalue weighted by molar-refractivity contribution is 5.79. The summed E-state index contributed by atoms with van der Waals surface area (Å²) < 4.78 is 4.96. The summed E-state index contributed by atoms with van der Waals surface area (Å²) in [5, 5.41) is 3.13. The predicted octanol–water partition coefficient (Wildman–Crippen LogP) is -0.228. The van der Waals surface area contributed by atoms with Crippen LogP contribution in [-0.2, 0) is 4.74 Å². The van der Waals surface area contributed by atoms with Crippen LogP contribution in [0, 0.1) is 0 Å². The Morgan fingerprint density at radius 2 is 2.06 bits per heavy atom. The molecule has 0 bridgehead atoms. The van der Waals surface area contributed by atoms with Crippen LogP contribution in [0.5, 0.6) is 0 Å². The van der Waals surface area contributed by atoms with Gasteiger partial charge in [0.2, 0.25) is 5.96 Å². The van der Waals surface area contributed by atoms with Crippen LogP contribution >= 0.6 is 0 Å². The third kappa shape index (κ3) is 7.14. The maximum absolute atomic E-state index is 5.40. The molecule has 0 heterocycles. The normalized spacial score (nSPS) is 13.0. The summed E-state index contributed by atoms with van der Waals surface area (Å²) in [6, 6.07) is 0. The van der Waals surface area contributed by atoms with Crippen LogP contribution in [0.3, 0.4) is 0 Å². The third-order valence-corrected chi connectivity index (χ3v) is 2.79. The molecule has 6 nitrogen and oxygen atoms in total. The van der Waals surface area contributed by atoms with Crippen LogP contribution in [0.4, 0.5) is 0 Å². The minimum Gasteiger partial charge on any atom is -0.385 e. The van der Waals surface area contributed by atoms with E-state index in [0.29, 0.717) is 12.5 Å². The van der Waals surface area contributed by atoms with E-state index in [0.717, 1.165) is 19.6 Å². The second-order valence-electron chi connectivity index (χ2n) is 4.79. The lowest BCUT2D eigenvalue weighted by atomic mass is 10.1. The second kappa shape index (κ2) is 8.27. The molecule has 0 aliphatic rings. The Morgan fingerprint density at radius 1 is 1.41 bits per heavy atom. The molecule has 0 aromatic carbocycles. The molecule has 6 heteroatoms. The van der Waals surface area contributed by atoms with Crippen molar-refractivity contribution >= 4 is 5.96 Å². The van der Waals surface area contributed by atoms with E-state index in [1.54, 1.807) is 7.11 Å². The zero-order valence-electron chi connectivity index (χ0n) is 11.7. The summed E-state index contributed by atoms with van der Waals surface area (Å²) in [5.41, 5.74) is 2.58. The van der Waals surface area contributed by atoms with Crippen molar-refractivity contribution in [3.63, 3.8) is 0 Å². The van der Waals surface area contributed by atoms with Crippen LogP contribution < -0.4 is 16.6 Å². The first-order valence-corrected chi connectivity index (χ1v) is 5.85. The zero-order valence-corrected chi connectivity index (χ0v) is 11.7. The molecule has 17 heavy (non-hydrogen) atoms. The van der Waals surface area contributed by atoms with Gasteiger partial charge in [-0.3, -0.25) is 10.4 Å². The highest BCUT2D eigenvalue weighted by Gasteiger charge is 2.19.